The fourth-order valence-corrected chi connectivity index (χ4v) is 4.04. The van der Waals surface area contributed by atoms with Crippen LogP contribution < -0.4 is 20.9 Å². The van der Waals surface area contributed by atoms with Gasteiger partial charge >= 0.3 is 12.1 Å². The number of carbonyl (C=O) groups excluding carboxylic acids is 4. The van der Waals surface area contributed by atoms with Crippen LogP contribution >= 0.6 is 0 Å². The van der Waals surface area contributed by atoms with Crippen molar-refractivity contribution in [3.63, 3.8) is 0 Å². The average Bonchev–Trinajstić information content (AvgIpc) is 2.91. The molecule has 12 nitrogen and oxygen atoms in total. The summed E-state index contributed by atoms with van der Waals surface area (Å²) in [5, 5.41) is 15.4. The van der Waals surface area contributed by atoms with E-state index in [1.807, 2.05) is 0 Å². The summed E-state index contributed by atoms with van der Waals surface area (Å²) in [4.78, 5) is 66.6. The maximum atomic E-state index is 14.5. The third-order valence-corrected chi connectivity index (χ3v) is 5.87. The molecule has 0 saturated carbocycles. The highest BCUT2D eigenvalue weighted by Crippen LogP contribution is 2.21. The molecule has 228 valence electrons. The molecule has 0 aliphatic rings. The van der Waals surface area contributed by atoms with Crippen LogP contribution in [0.3, 0.4) is 0 Å². The molecule has 0 unspecified atom stereocenters. The van der Waals surface area contributed by atoms with Gasteiger partial charge in [-0.2, -0.15) is 0 Å². The lowest BCUT2D eigenvalue weighted by molar-refractivity contribution is -0.132. The van der Waals surface area contributed by atoms with Gasteiger partial charge in [0.2, 0.25) is 5.91 Å². The minimum absolute atomic E-state index is 0.113. The molecule has 2 atom stereocenters. The molecule has 1 heterocycles. The number of nitrogens with zero attached hydrogens (tertiary/aromatic N) is 2. The molecule has 0 aliphatic carbocycles. The van der Waals surface area contributed by atoms with Crippen LogP contribution in [0.1, 0.15) is 40.2 Å². The highest BCUT2D eigenvalue weighted by atomic mass is 19.1. The first-order chi connectivity index (χ1) is 20.1. The van der Waals surface area contributed by atoms with Gasteiger partial charge < -0.3 is 19.9 Å². The Balaban J connectivity index is 1.92. The third-order valence-electron chi connectivity index (χ3n) is 5.87. The molecule has 3 rings (SSSR count). The zero-order chi connectivity index (χ0) is 31.9. The summed E-state index contributed by atoms with van der Waals surface area (Å²) < 4.78 is 25.5. The number of ketones is 1. The van der Waals surface area contributed by atoms with E-state index >= 15 is 0 Å². The molecule has 3 aromatic rings. The Bertz CT molecular complexity index is 1570. The number of Topliss-reactive ketones (excluding diaryl/α,β-unsaturated/α-hetero) is 1. The Morgan fingerprint density at radius 2 is 1.74 bits per heavy atom. The van der Waals surface area contributed by atoms with Gasteiger partial charge in [0.05, 0.1) is 12.2 Å². The van der Waals surface area contributed by atoms with Crippen LogP contribution in [0.25, 0.3) is 11.4 Å². The van der Waals surface area contributed by atoms with E-state index < -0.39 is 59.4 Å². The molecule has 43 heavy (non-hydrogen) atoms. The van der Waals surface area contributed by atoms with Crippen LogP contribution in [-0.2, 0) is 32.1 Å². The van der Waals surface area contributed by atoms with E-state index in [4.69, 9.17) is 9.47 Å². The van der Waals surface area contributed by atoms with Crippen molar-refractivity contribution in [1.29, 1.82) is 0 Å². The van der Waals surface area contributed by atoms with Crippen molar-refractivity contribution in [1.82, 2.24) is 14.9 Å². The Kier molecular flexibility index (Phi) is 10.5. The number of rotatable bonds is 10. The number of ether oxygens (including phenoxy) is 2. The maximum Gasteiger partial charge on any atom is 0.412 e. The van der Waals surface area contributed by atoms with Crippen LogP contribution in [0.15, 0.2) is 59.5 Å². The molecule has 0 fully saturated rings. The molecule has 0 saturated heterocycles. The summed E-state index contributed by atoms with van der Waals surface area (Å²) in [6, 6.07) is 11.0. The van der Waals surface area contributed by atoms with Crippen LogP contribution in [0.4, 0.5) is 14.9 Å². The molecule has 2 amide bonds. The molecule has 2 aromatic carbocycles. The number of halogens is 1. The molecular formula is C30H33FN4O8. The largest absolute Gasteiger partial charge is 0.444 e. The molecule has 0 bridgehead atoms. The van der Waals surface area contributed by atoms with Crippen molar-refractivity contribution in [2.75, 3.05) is 5.32 Å². The smallest absolute Gasteiger partial charge is 0.412 e. The van der Waals surface area contributed by atoms with Crippen LogP contribution in [0.2, 0.25) is 0 Å². The second-order valence-corrected chi connectivity index (χ2v) is 10.7. The van der Waals surface area contributed by atoms with Gasteiger partial charge in [-0.15, -0.1) is 0 Å². The highest BCUT2D eigenvalue weighted by Gasteiger charge is 2.27. The number of anilines is 1. The number of aromatic nitrogens is 2. The Labute approximate surface area is 246 Å². The van der Waals surface area contributed by atoms with Gasteiger partial charge in [0, 0.05) is 12.5 Å². The number of benzene rings is 2. The van der Waals surface area contributed by atoms with Gasteiger partial charge in [0.25, 0.3) is 5.56 Å². The van der Waals surface area contributed by atoms with Gasteiger partial charge in [-0.3, -0.25) is 29.1 Å². The summed E-state index contributed by atoms with van der Waals surface area (Å²) in [6.07, 6.45) is -1.59. The first kappa shape index (κ1) is 32.6. The van der Waals surface area contributed by atoms with E-state index in [2.05, 4.69) is 15.6 Å². The molecule has 0 spiro atoms. The summed E-state index contributed by atoms with van der Waals surface area (Å²) in [7, 11) is 0. The summed E-state index contributed by atoms with van der Waals surface area (Å²) >= 11 is 0. The minimum Gasteiger partial charge on any atom is -0.444 e. The Hall–Kier alpha value is -4.91. The number of esters is 1. The number of hydrogen-bond acceptors (Lipinski definition) is 9. The van der Waals surface area contributed by atoms with Gasteiger partial charge in [-0.1, -0.05) is 36.4 Å². The average molecular weight is 597 g/mol. The standard InChI is InChI=1S/C30H33FN4O8/c1-17(36)26(39)22(14-19-11-12-24(21(31)13-19)42-18(2)37)33-25(38)16-35-27(20-9-7-6-8-10-20)32-15-23(28(35)40)34-29(41)43-30(3,4)5/h6-13,15,22,26,39H,14,16H2,1-5H3,(H,33,38)(H,34,41)/t22-,26-/m1/s1. The van der Waals surface area contributed by atoms with Crippen molar-refractivity contribution in [3.05, 3.63) is 76.5 Å². The van der Waals surface area contributed by atoms with Crippen molar-refractivity contribution in [2.45, 2.75) is 65.3 Å². The monoisotopic (exact) mass is 596 g/mol. The van der Waals surface area contributed by atoms with Gasteiger partial charge in [-0.05, 0) is 51.8 Å². The molecule has 0 aliphatic heterocycles. The van der Waals surface area contributed by atoms with Crippen molar-refractivity contribution in [3.8, 4) is 17.1 Å². The molecule has 0 radical (unpaired) electrons. The Morgan fingerprint density at radius 3 is 2.33 bits per heavy atom. The number of hydrogen-bond donors (Lipinski definition) is 3. The molecular weight excluding hydrogens is 563 g/mol. The number of carbonyl (C=O) groups is 4. The number of aliphatic hydroxyl groups is 1. The summed E-state index contributed by atoms with van der Waals surface area (Å²) in [6.45, 7) is 6.60. The molecule has 3 N–H and O–H groups in total. The van der Waals surface area contributed by atoms with Crippen molar-refractivity contribution < 1.29 is 38.1 Å². The fraction of sp³-hybridized carbons (Fsp3) is 0.333. The summed E-state index contributed by atoms with van der Waals surface area (Å²) in [5.41, 5.74) is -1.06. The number of nitrogens with one attached hydrogen (secondary N) is 2. The predicted octanol–water partition coefficient (Wildman–Crippen LogP) is 3.00. The van der Waals surface area contributed by atoms with E-state index in [-0.39, 0.29) is 29.2 Å². The van der Waals surface area contributed by atoms with Crippen LogP contribution in [0.5, 0.6) is 5.75 Å². The topological polar surface area (TPSA) is 166 Å². The zero-order valence-electron chi connectivity index (χ0n) is 24.3. The van der Waals surface area contributed by atoms with Crippen molar-refractivity contribution in [2.24, 2.45) is 0 Å². The van der Waals surface area contributed by atoms with Gasteiger partial charge in [0.1, 0.15) is 29.8 Å². The minimum atomic E-state index is -1.66. The summed E-state index contributed by atoms with van der Waals surface area (Å²) in [5.74, 6) is -3.19. The second-order valence-electron chi connectivity index (χ2n) is 10.7. The normalized spacial score (nSPS) is 12.5. The predicted molar refractivity (Wildman–Crippen MR) is 154 cm³/mol. The third kappa shape index (κ3) is 9.30. The quantitative estimate of drug-likeness (QED) is 0.236. The maximum absolute atomic E-state index is 14.5. The first-order valence-electron chi connectivity index (χ1n) is 13.2. The second kappa shape index (κ2) is 13.8. The van der Waals surface area contributed by atoms with E-state index in [9.17, 15) is 33.5 Å². The van der Waals surface area contributed by atoms with E-state index in [0.29, 0.717) is 5.56 Å². The van der Waals surface area contributed by atoms with Crippen LogP contribution in [-0.4, -0.2) is 56.2 Å². The van der Waals surface area contributed by atoms with Gasteiger partial charge in [-0.25, -0.2) is 14.2 Å². The molecule has 13 heteroatoms. The first-order valence-corrected chi connectivity index (χ1v) is 13.2. The number of amides is 2. The number of aliphatic hydroxyl groups excluding tert-OH is 1. The van der Waals surface area contributed by atoms with E-state index in [1.165, 1.54) is 12.1 Å². The zero-order valence-corrected chi connectivity index (χ0v) is 24.3. The van der Waals surface area contributed by atoms with Crippen molar-refractivity contribution >= 4 is 29.4 Å². The van der Waals surface area contributed by atoms with Gasteiger partial charge in [0.15, 0.2) is 17.3 Å². The fourth-order valence-electron chi connectivity index (χ4n) is 4.04. The lowest BCUT2D eigenvalue weighted by Gasteiger charge is -2.23. The lowest BCUT2D eigenvalue weighted by Crippen LogP contribution is -2.49. The van der Waals surface area contributed by atoms with E-state index in [1.54, 1.807) is 51.1 Å². The SMILES string of the molecule is CC(=O)Oc1ccc(C[C@@H](NC(=O)Cn2c(-c3ccccc3)ncc(NC(=O)OC(C)(C)C)c2=O)[C@H](O)C(C)=O)cc1F. The molecule has 1 aromatic heterocycles. The lowest BCUT2D eigenvalue weighted by atomic mass is 9.98. The Morgan fingerprint density at radius 1 is 1.07 bits per heavy atom. The van der Waals surface area contributed by atoms with E-state index in [0.717, 1.165) is 30.7 Å². The highest BCUT2D eigenvalue weighted by molar-refractivity contribution is 5.85. The van der Waals surface area contributed by atoms with Crippen LogP contribution in [0, 0.1) is 5.82 Å².